The van der Waals surface area contributed by atoms with E-state index in [2.05, 4.69) is 4.98 Å². The van der Waals surface area contributed by atoms with Crippen LogP contribution < -0.4 is 0 Å². The summed E-state index contributed by atoms with van der Waals surface area (Å²) in [5.41, 5.74) is 0.654. The lowest BCUT2D eigenvalue weighted by molar-refractivity contribution is -0.0400. The van der Waals surface area contributed by atoms with Gasteiger partial charge in [0.15, 0.2) is 5.89 Å². The lowest BCUT2D eigenvalue weighted by atomic mass is 9.87. The maximum absolute atomic E-state index is 13.2. The molecule has 1 heterocycles. The first kappa shape index (κ1) is 14.5. The average Bonchev–Trinajstić information content (AvgIpc) is 3.18. The van der Waals surface area contributed by atoms with Crippen molar-refractivity contribution in [2.75, 3.05) is 6.61 Å². The van der Waals surface area contributed by atoms with E-state index in [0.717, 1.165) is 12.8 Å². The number of oxazole rings is 1. The molecule has 2 aliphatic rings. The second-order valence-corrected chi connectivity index (χ2v) is 5.89. The van der Waals surface area contributed by atoms with Gasteiger partial charge >= 0.3 is 5.97 Å². The molecule has 0 atom stereocenters. The molecule has 0 spiro atoms. The van der Waals surface area contributed by atoms with Crippen molar-refractivity contribution >= 4 is 5.97 Å². The third-order valence-electron chi connectivity index (χ3n) is 4.16. The summed E-state index contributed by atoms with van der Waals surface area (Å²) < 4.78 is 37.0. The topological polar surface area (TPSA) is 52.3 Å². The largest absolute Gasteiger partial charge is 0.460 e. The Hall–Kier alpha value is -1.46. The van der Waals surface area contributed by atoms with Crippen LogP contribution in [0.2, 0.25) is 0 Å². The van der Waals surface area contributed by atoms with Crippen LogP contribution in [0.25, 0.3) is 0 Å². The van der Waals surface area contributed by atoms with E-state index in [0.29, 0.717) is 24.4 Å². The average molecular weight is 299 g/mol. The zero-order valence-corrected chi connectivity index (χ0v) is 12.0. The molecule has 21 heavy (non-hydrogen) atoms. The van der Waals surface area contributed by atoms with E-state index in [1.165, 1.54) is 0 Å². The second kappa shape index (κ2) is 5.39. The maximum atomic E-state index is 13.2. The molecule has 1 aromatic rings. The molecule has 116 valence electrons. The molecule has 1 aromatic heterocycles. The summed E-state index contributed by atoms with van der Waals surface area (Å²) in [6.07, 6.45) is 2.38. The summed E-state index contributed by atoms with van der Waals surface area (Å²) >= 11 is 0. The van der Waals surface area contributed by atoms with Crippen molar-refractivity contribution in [2.45, 2.75) is 63.2 Å². The highest BCUT2D eigenvalue weighted by atomic mass is 19.3. The Morgan fingerprint density at radius 1 is 1.29 bits per heavy atom. The first-order valence-corrected chi connectivity index (χ1v) is 7.55. The molecule has 0 radical (unpaired) electrons. The van der Waals surface area contributed by atoms with Gasteiger partial charge in [-0.2, -0.15) is 0 Å². The summed E-state index contributed by atoms with van der Waals surface area (Å²) in [4.78, 5) is 16.4. The highest BCUT2D eigenvalue weighted by Gasteiger charge is 2.39. The monoisotopic (exact) mass is 299 g/mol. The van der Waals surface area contributed by atoms with Crippen molar-refractivity contribution in [3.8, 4) is 0 Å². The Bertz CT molecular complexity index is 527. The van der Waals surface area contributed by atoms with Gasteiger partial charge in [-0.25, -0.2) is 18.6 Å². The van der Waals surface area contributed by atoms with Gasteiger partial charge in [0.2, 0.25) is 11.7 Å². The highest BCUT2D eigenvalue weighted by molar-refractivity contribution is 5.87. The fourth-order valence-corrected chi connectivity index (χ4v) is 2.79. The third-order valence-corrected chi connectivity index (χ3v) is 4.16. The molecule has 0 aromatic carbocycles. The van der Waals surface area contributed by atoms with Gasteiger partial charge < -0.3 is 9.15 Å². The Morgan fingerprint density at radius 3 is 2.52 bits per heavy atom. The number of hydrogen-bond acceptors (Lipinski definition) is 4. The fraction of sp³-hybridized carbons (Fsp3) is 0.733. The molecule has 2 aliphatic carbocycles. The first-order valence-electron chi connectivity index (χ1n) is 7.55. The van der Waals surface area contributed by atoms with Gasteiger partial charge in [-0.15, -0.1) is 0 Å². The van der Waals surface area contributed by atoms with E-state index in [-0.39, 0.29) is 37.0 Å². The molecular formula is C15H19F2NO3. The van der Waals surface area contributed by atoms with E-state index in [9.17, 15) is 13.6 Å². The van der Waals surface area contributed by atoms with Crippen molar-refractivity contribution in [1.82, 2.24) is 4.98 Å². The number of rotatable bonds is 4. The molecule has 0 bridgehead atoms. The van der Waals surface area contributed by atoms with Gasteiger partial charge in [-0.1, -0.05) is 0 Å². The Labute approximate surface area is 121 Å². The molecule has 0 aliphatic heterocycles. The molecule has 0 amide bonds. The summed E-state index contributed by atoms with van der Waals surface area (Å²) in [5, 5.41) is 0. The standard InChI is InChI=1S/C15H19F2NO3/c1-2-20-14(19)12-11(9-3-4-9)18-13(21-12)10-5-7-15(16,17)8-6-10/h9-10H,2-8H2,1H3. The van der Waals surface area contributed by atoms with Crippen molar-refractivity contribution in [3.63, 3.8) is 0 Å². The molecule has 6 heteroatoms. The number of halogens is 2. The Kier molecular flexibility index (Phi) is 3.71. The Morgan fingerprint density at radius 2 is 1.95 bits per heavy atom. The van der Waals surface area contributed by atoms with Crippen molar-refractivity contribution in [1.29, 1.82) is 0 Å². The lowest BCUT2D eigenvalue weighted by Gasteiger charge is -2.26. The van der Waals surface area contributed by atoms with Crippen molar-refractivity contribution in [3.05, 3.63) is 17.3 Å². The van der Waals surface area contributed by atoms with Crippen LogP contribution in [0, 0.1) is 0 Å². The van der Waals surface area contributed by atoms with Crippen LogP contribution in [0.4, 0.5) is 8.78 Å². The fourth-order valence-electron chi connectivity index (χ4n) is 2.79. The van der Waals surface area contributed by atoms with Crippen LogP contribution in [-0.4, -0.2) is 23.5 Å². The molecule has 2 saturated carbocycles. The van der Waals surface area contributed by atoms with Gasteiger partial charge in [-0.05, 0) is 32.6 Å². The van der Waals surface area contributed by atoms with Crippen LogP contribution in [0.15, 0.2) is 4.42 Å². The highest BCUT2D eigenvalue weighted by Crippen LogP contribution is 2.45. The molecule has 2 fully saturated rings. The minimum atomic E-state index is -2.58. The Balaban J connectivity index is 1.80. The predicted molar refractivity (Wildman–Crippen MR) is 70.6 cm³/mol. The number of esters is 1. The van der Waals surface area contributed by atoms with E-state index in [4.69, 9.17) is 9.15 Å². The predicted octanol–water partition coefficient (Wildman–Crippen LogP) is 4.02. The van der Waals surface area contributed by atoms with Crippen LogP contribution in [0.5, 0.6) is 0 Å². The van der Waals surface area contributed by atoms with Crippen molar-refractivity contribution in [2.24, 2.45) is 0 Å². The van der Waals surface area contributed by atoms with E-state index < -0.39 is 11.9 Å². The number of carbonyl (C=O) groups is 1. The summed E-state index contributed by atoms with van der Waals surface area (Å²) in [6, 6.07) is 0. The van der Waals surface area contributed by atoms with E-state index >= 15 is 0 Å². The quantitative estimate of drug-likeness (QED) is 0.788. The van der Waals surface area contributed by atoms with E-state index in [1.54, 1.807) is 6.92 Å². The minimum absolute atomic E-state index is 0.120. The van der Waals surface area contributed by atoms with Gasteiger partial charge in [0.05, 0.1) is 12.3 Å². The number of nitrogens with zero attached hydrogens (tertiary/aromatic N) is 1. The zero-order chi connectivity index (χ0) is 15.0. The van der Waals surface area contributed by atoms with E-state index in [1.807, 2.05) is 0 Å². The number of carbonyl (C=O) groups excluding carboxylic acids is 1. The minimum Gasteiger partial charge on any atom is -0.460 e. The second-order valence-electron chi connectivity index (χ2n) is 5.89. The summed E-state index contributed by atoms with van der Waals surface area (Å²) in [5.74, 6) is -2.34. The number of hydrogen-bond donors (Lipinski definition) is 0. The van der Waals surface area contributed by atoms with Crippen LogP contribution in [0.3, 0.4) is 0 Å². The molecular weight excluding hydrogens is 280 g/mol. The lowest BCUT2D eigenvalue weighted by Crippen LogP contribution is -2.23. The smallest absolute Gasteiger partial charge is 0.376 e. The molecule has 0 saturated heterocycles. The molecule has 0 unspecified atom stereocenters. The molecule has 0 N–H and O–H groups in total. The zero-order valence-electron chi connectivity index (χ0n) is 12.0. The SMILES string of the molecule is CCOC(=O)c1oc(C2CCC(F)(F)CC2)nc1C1CC1. The number of ether oxygens (including phenoxy) is 1. The van der Waals surface area contributed by atoms with Crippen LogP contribution >= 0.6 is 0 Å². The molecule has 3 rings (SSSR count). The maximum Gasteiger partial charge on any atom is 0.376 e. The van der Waals surface area contributed by atoms with Crippen LogP contribution in [-0.2, 0) is 4.74 Å². The van der Waals surface area contributed by atoms with Gasteiger partial charge in [0.25, 0.3) is 0 Å². The summed E-state index contributed by atoms with van der Waals surface area (Å²) in [7, 11) is 0. The third kappa shape index (κ3) is 3.09. The normalized spacial score (nSPS) is 22.2. The van der Waals surface area contributed by atoms with Gasteiger partial charge in [0, 0.05) is 24.7 Å². The van der Waals surface area contributed by atoms with Crippen molar-refractivity contribution < 1.29 is 22.7 Å². The van der Waals surface area contributed by atoms with Gasteiger partial charge in [-0.3, -0.25) is 0 Å². The summed E-state index contributed by atoms with van der Waals surface area (Å²) in [6.45, 7) is 2.00. The first-order chi connectivity index (χ1) is 10.00. The van der Waals surface area contributed by atoms with Crippen LogP contribution in [0.1, 0.15) is 79.4 Å². The van der Waals surface area contributed by atoms with Gasteiger partial charge in [0.1, 0.15) is 0 Å². The number of aromatic nitrogens is 1. The number of alkyl halides is 2. The molecule has 4 nitrogen and oxygen atoms in total.